The number of rotatable bonds is 8. The van der Waals surface area contributed by atoms with Crippen molar-refractivity contribution in [3.63, 3.8) is 0 Å². The molecule has 0 fully saturated rings. The summed E-state index contributed by atoms with van der Waals surface area (Å²) >= 11 is 0. The topological polar surface area (TPSA) is 113 Å². The summed E-state index contributed by atoms with van der Waals surface area (Å²) in [5, 5.41) is 16.9. The molecular formula is C21H23N7O4. The minimum Gasteiger partial charge on any atom is -0.491 e. The largest absolute Gasteiger partial charge is 0.491 e. The minimum absolute atomic E-state index is 0.251. The fraction of sp³-hybridized carbons (Fsp3) is 0.381. The van der Waals surface area contributed by atoms with Crippen molar-refractivity contribution in [2.24, 2.45) is 0 Å². The molecule has 4 aromatic rings. The first-order chi connectivity index (χ1) is 15.6. The molecule has 1 aliphatic rings. The number of ether oxygens (including phenoxy) is 3. The molecule has 5 rings (SSSR count). The molecule has 4 aromatic heterocycles. The van der Waals surface area contributed by atoms with Gasteiger partial charge in [-0.1, -0.05) is 11.2 Å². The maximum atomic E-state index is 5.99. The molecule has 0 N–H and O–H groups in total. The second kappa shape index (κ2) is 8.52. The fourth-order valence-corrected chi connectivity index (χ4v) is 3.64. The Bertz CT molecular complexity index is 1250. The highest BCUT2D eigenvalue weighted by Gasteiger charge is 2.21. The maximum absolute atomic E-state index is 5.99. The van der Waals surface area contributed by atoms with Gasteiger partial charge in [-0.15, -0.1) is 15.3 Å². The van der Waals surface area contributed by atoms with Crippen LogP contribution in [0, 0.1) is 6.92 Å². The van der Waals surface area contributed by atoms with Gasteiger partial charge in [0, 0.05) is 38.9 Å². The Morgan fingerprint density at radius 2 is 2.03 bits per heavy atom. The number of pyridine rings is 1. The van der Waals surface area contributed by atoms with Crippen LogP contribution in [0.25, 0.3) is 17.2 Å². The molecule has 0 radical (unpaired) electrons. The van der Waals surface area contributed by atoms with E-state index < -0.39 is 0 Å². The summed E-state index contributed by atoms with van der Waals surface area (Å²) in [6, 6.07) is 7.57. The quantitative estimate of drug-likeness (QED) is 0.406. The van der Waals surface area contributed by atoms with Crippen molar-refractivity contribution in [3.8, 4) is 23.1 Å². The number of nitrogens with zero attached hydrogens (tertiary/aromatic N) is 7. The van der Waals surface area contributed by atoms with E-state index in [2.05, 4.69) is 31.4 Å². The number of methoxy groups -OCH3 is 2. The highest BCUT2D eigenvalue weighted by Crippen LogP contribution is 2.28. The van der Waals surface area contributed by atoms with E-state index >= 15 is 0 Å². The highest BCUT2D eigenvalue weighted by atomic mass is 16.5. The third kappa shape index (κ3) is 3.87. The summed E-state index contributed by atoms with van der Waals surface area (Å²) in [5.74, 6) is 1.89. The summed E-state index contributed by atoms with van der Waals surface area (Å²) < 4.78 is 23.3. The van der Waals surface area contributed by atoms with E-state index in [1.54, 1.807) is 30.9 Å². The third-order valence-electron chi connectivity index (χ3n) is 5.27. The van der Waals surface area contributed by atoms with Gasteiger partial charge < -0.3 is 18.7 Å². The summed E-state index contributed by atoms with van der Waals surface area (Å²) in [7, 11) is 3.27. The SMILES string of the molecule is COCCN1Cc2ccc(COc3nn4c(-c5cc(C)on5)nnc4cc3OC)nc2C1. The van der Waals surface area contributed by atoms with Crippen molar-refractivity contribution in [3.05, 3.63) is 47.0 Å². The van der Waals surface area contributed by atoms with Crippen LogP contribution in [-0.4, -0.2) is 62.2 Å². The lowest BCUT2D eigenvalue weighted by Crippen LogP contribution is -2.21. The lowest BCUT2D eigenvalue weighted by molar-refractivity contribution is 0.147. The first-order valence-corrected chi connectivity index (χ1v) is 10.2. The van der Waals surface area contributed by atoms with Crippen LogP contribution in [0.5, 0.6) is 11.6 Å². The zero-order chi connectivity index (χ0) is 22.1. The summed E-state index contributed by atoms with van der Waals surface area (Å²) in [6.45, 7) is 5.34. The molecule has 0 amide bonds. The molecule has 0 saturated carbocycles. The van der Waals surface area contributed by atoms with Gasteiger partial charge in [-0.05, 0) is 18.6 Å². The summed E-state index contributed by atoms with van der Waals surface area (Å²) in [6.07, 6.45) is 0. The van der Waals surface area contributed by atoms with E-state index in [-0.39, 0.29) is 6.61 Å². The van der Waals surface area contributed by atoms with Gasteiger partial charge in [0.2, 0.25) is 5.82 Å². The lowest BCUT2D eigenvalue weighted by Gasteiger charge is -2.12. The fourth-order valence-electron chi connectivity index (χ4n) is 3.64. The Morgan fingerprint density at radius 3 is 2.81 bits per heavy atom. The summed E-state index contributed by atoms with van der Waals surface area (Å²) in [5.41, 5.74) is 4.17. The smallest absolute Gasteiger partial charge is 0.275 e. The first kappa shape index (κ1) is 20.3. The van der Waals surface area contributed by atoms with Crippen LogP contribution in [0.4, 0.5) is 0 Å². The average molecular weight is 437 g/mol. The van der Waals surface area contributed by atoms with Crippen LogP contribution >= 0.6 is 0 Å². The Balaban J connectivity index is 1.36. The molecule has 32 heavy (non-hydrogen) atoms. The normalized spacial score (nSPS) is 13.6. The molecule has 0 bridgehead atoms. The van der Waals surface area contributed by atoms with Gasteiger partial charge in [0.25, 0.3) is 5.88 Å². The van der Waals surface area contributed by atoms with Crippen LogP contribution in [0.3, 0.4) is 0 Å². The van der Waals surface area contributed by atoms with Crippen molar-refractivity contribution in [2.45, 2.75) is 26.6 Å². The van der Waals surface area contributed by atoms with E-state index in [1.807, 2.05) is 13.0 Å². The van der Waals surface area contributed by atoms with Crippen LogP contribution in [0.1, 0.15) is 22.7 Å². The highest BCUT2D eigenvalue weighted by molar-refractivity contribution is 5.56. The molecule has 1 aliphatic heterocycles. The van der Waals surface area contributed by atoms with Crippen molar-refractivity contribution in [1.82, 2.24) is 34.9 Å². The molecule has 0 unspecified atom stereocenters. The van der Waals surface area contributed by atoms with Crippen molar-refractivity contribution in [2.75, 3.05) is 27.4 Å². The first-order valence-electron chi connectivity index (χ1n) is 10.2. The summed E-state index contributed by atoms with van der Waals surface area (Å²) in [4.78, 5) is 7.08. The molecule has 0 spiro atoms. The van der Waals surface area contributed by atoms with Crippen molar-refractivity contribution >= 4 is 5.65 Å². The van der Waals surface area contributed by atoms with Gasteiger partial charge in [-0.3, -0.25) is 9.88 Å². The number of fused-ring (bicyclic) bond motifs is 2. The second-order valence-corrected chi connectivity index (χ2v) is 7.53. The van der Waals surface area contributed by atoms with Crippen molar-refractivity contribution in [1.29, 1.82) is 0 Å². The molecule has 166 valence electrons. The van der Waals surface area contributed by atoms with E-state index in [0.717, 1.165) is 31.0 Å². The van der Waals surface area contributed by atoms with E-state index in [1.165, 1.54) is 5.56 Å². The Morgan fingerprint density at radius 1 is 1.12 bits per heavy atom. The number of aryl methyl sites for hydroxylation is 1. The lowest BCUT2D eigenvalue weighted by atomic mass is 10.2. The predicted octanol–water partition coefficient (Wildman–Crippen LogP) is 2.03. The van der Waals surface area contributed by atoms with E-state index in [4.69, 9.17) is 23.7 Å². The molecule has 11 nitrogen and oxygen atoms in total. The van der Waals surface area contributed by atoms with Crippen molar-refractivity contribution < 1.29 is 18.7 Å². The number of hydrogen-bond acceptors (Lipinski definition) is 10. The van der Waals surface area contributed by atoms with Crippen LogP contribution in [0.15, 0.2) is 28.8 Å². The molecule has 0 saturated heterocycles. The molecule has 0 aliphatic carbocycles. The third-order valence-corrected chi connectivity index (χ3v) is 5.27. The van der Waals surface area contributed by atoms with Gasteiger partial charge in [-0.25, -0.2) is 0 Å². The van der Waals surface area contributed by atoms with Crippen LogP contribution < -0.4 is 9.47 Å². The van der Waals surface area contributed by atoms with Gasteiger partial charge in [0.1, 0.15) is 12.4 Å². The van der Waals surface area contributed by atoms with Gasteiger partial charge in [0.15, 0.2) is 17.1 Å². The molecule has 0 aromatic carbocycles. The number of aromatic nitrogens is 6. The van der Waals surface area contributed by atoms with Gasteiger partial charge >= 0.3 is 0 Å². The zero-order valence-electron chi connectivity index (χ0n) is 18.1. The van der Waals surface area contributed by atoms with Crippen LogP contribution in [0.2, 0.25) is 0 Å². The molecule has 11 heteroatoms. The molecule has 5 heterocycles. The monoisotopic (exact) mass is 437 g/mol. The standard InChI is InChI=1S/C21H23N7O4/c1-13-8-16(26-32-13)20-24-23-19-9-18(30-3)21(25-28(19)20)31-12-15-5-4-14-10-27(6-7-29-2)11-17(14)22-15/h4-5,8-9H,6-7,10-12H2,1-3H3. The van der Waals surface area contributed by atoms with E-state index in [0.29, 0.717) is 41.2 Å². The predicted molar refractivity (Wildman–Crippen MR) is 112 cm³/mol. The van der Waals surface area contributed by atoms with Crippen LogP contribution in [-0.2, 0) is 24.4 Å². The Kier molecular flexibility index (Phi) is 5.41. The number of hydrogen-bond donors (Lipinski definition) is 0. The zero-order valence-corrected chi connectivity index (χ0v) is 18.1. The Labute approximate surface area is 183 Å². The second-order valence-electron chi connectivity index (χ2n) is 7.53. The van der Waals surface area contributed by atoms with Gasteiger partial charge in [-0.2, -0.15) is 4.52 Å². The maximum Gasteiger partial charge on any atom is 0.275 e. The Hall–Kier alpha value is -3.57. The average Bonchev–Trinajstić information content (AvgIpc) is 3.52. The van der Waals surface area contributed by atoms with Gasteiger partial charge in [0.05, 0.1) is 25.1 Å². The molecular weight excluding hydrogens is 414 g/mol. The minimum atomic E-state index is 0.251. The van der Waals surface area contributed by atoms with E-state index in [9.17, 15) is 0 Å². The molecule has 0 atom stereocenters.